The Morgan fingerprint density at radius 1 is 0.805 bits per heavy atom. The van der Waals surface area contributed by atoms with Crippen LogP contribution in [0.3, 0.4) is 0 Å². The lowest BCUT2D eigenvalue weighted by Gasteiger charge is -2.36. The molecule has 41 heavy (non-hydrogen) atoms. The summed E-state index contributed by atoms with van der Waals surface area (Å²) in [5, 5.41) is 12.7. The van der Waals surface area contributed by atoms with Gasteiger partial charge in [0.2, 0.25) is 5.82 Å². The fraction of sp³-hybridized carbons (Fsp3) is 0.429. The van der Waals surface area contributed by atoms with Gasteiger partial charge in [-0.25, -0.2) is 19.6 Å². The SMILES string of the molecule is CCOC(=O)N1CCN(c2nc3nc(N4CCN(C(=O)OCC)CC4)c([N+](=O)[O-])cc3cc2-c2ccccc2)CC1. The van der Waals surface area contributed by atoms with Crippen LogP contribution in [0.2, 0.25) is 0 Å². The minimum atomic E-state index is -0.426. The number of fused-ring (bicyclic) bond motifs is 1. The average Bonchev–Trinajstić information content (AvgIpc) is 3.00. The number of ether oxygens (including phenoxy) is 2. The third kappa shape index (κ3) is 5.93. The second-order valence-corrected chi connectivity index (χ2v) is 9.71. The molecule has 0 N–H and O–H groups in total. The quantitative estimate of drug-likeness (QED) is 0.322. The number of carbonyl (C=O) groups excluding carboxylic acids is 2. The Bertz CT molecular complexity index is 1420. The lowest BCUT2D eigenvalue weighted by atomic mass is 10.0. The molecule has 2 aromatic heterocycles. The Balaban J connectivity index is 1.51. The Kier molecular flexibility index (Phi) is 8.31. The molecule has 216 valence electrons. The van der Waals surface area contributed by atoms with E-state index in [1.54, 1.807) is 23.6 Å². The van der Waals surface area contributed by atoms with Crippen LogP contribution >= 0.6 is 0 Å². The molecule has 2 aliphatic heterocycles. The monoisotopic (exact) mass is 563 g/mol. The van der Waals surface area contributed by atoms with Crippen molar-refractivity contribution in [1.82, 2.24) is 19.8 Å². The predicted octanol–water partition coefficient (Wildman–Crippen LogP) is 3.76. The highest BCUT2D eigenvalue weighted by Gasteiger charge is 2.30. The van der Waals surface area contributed by atoms with Crippen molar-refractivity contribution >= 4 is 40.5 Å². The van der Waals surface area contributed by atoms with Crippen molar-refractivity contribution in [3.8, 4) is 11.1 Å². The van der Waals surface area contributed by atoms with E-state index in [1.807, 2.05) is 41.3 Å². The first kappa shape index (κ1) is 27.9. The topological polar surface area (TPSA) is 134 Å². The fourth-order valence-corrected chi connectivity index (χ4v) is 5.14. The van der Waals surface area contributed by atoms with Crippen molar-refractivity contribution in [2.45, 2.75) is 13.8 Å². The zero-order valence-corrected chi connectivity index (χ0v) is 23.2. The minimum Gasteiger partial charge on any atom is -0.450 e. The van der Waals surface area contributed by atoms with E-state index >= 15 is 0 Å². The highest BCUT2D eigenvalue weighted by Crippen LogP contribution is 2.36. The number of nitrogens with zero attached hydrogens (tertiary/aromatic N) is 7. The normalized spacial score (nSPS) is 15.7. The maximum atomic E-state index is 12.2. The molecule has 1 aromatic carbocycles. The summed E-state index contributed by atoms with van der Waals surface area (Å²) < 4.78 is 10.3. The molecule has 5 rings (SSSR count). The van der Waals surface area contributed by atoms with Crippen LogP contribution in [0.5, 0.6) is 0 Å². The standard InChI is InChI=1S/C28H33N7O6/c1-3-40-27(36)33-14-10-31(11-15-33)25-22(20-8-6-5-7-9-20)18-21-19-23(35(38)39)26(30-24(21)29-25)32-12-16-34(17-13-32)28(37)41-4-2/h5-9,18-19H,3-4,10-17H2,1-2H3. The van der Waals surface area contributed by atoms with E-state index in [1.165, 1.54) is 6.07 Å². The fourth-order valence-electron chi connectivity index (χ4n) is 5.14. The molecule has 0 spiro atoms. The van der Waals surface area contributed by atoms with Gasteiger partial charge in [-0.15, -0.1) is 0 Å². The predicted molar refractivity (Wildman–Crippen MR) is 153 cm³/mol. The van der Waals surface area contributed by atoms with E-state index in [0.717, 1.165) is 11.1 Å². The van der Waals surface area contributed by atoms with Crippen molar-refractivity contribution < 1.29 is 24.0 Å². The number of anilines is 2. The summed E-state index contributed by atoms with van der Waals surface area (Å²) in [6.07, 6.45) is -0.723. The maximum Gasteiger partial charge on any atom is 0.409 e. The van der Waals surface area contributed by atoms with Crippen LogP contribution in [0.1, 0.15) is 13.8 Å². The van der Waals surface area contributed by atoms with E-state index in [2.05, 4.69) is 4.90 Å². The van der Waals surface area contributed by atoms with Crippen LogP contribution in [0.25, 0.3) is 22.2 Å². The molecule has 0 saturated carbocycles. The van der Waals surface area contributed by atoms with Crippen LogP contribution in [0.4, 0.5) is 26.9 Å². The van der Waals surface area contributed by atoms with Gasteiger partial charge in [-0.3, -0.25) is 10.1 Å². The van der Waals surface area contributed by atoms with Crippen molar-refractivity contribution in [3.05, 3.63) is 52.6 Å². The van der Waals surface area contributed by atoms with Crippen LogP contribution in [-0.4, -0.2) is 102 Å². The lowest BCUT2D eigenvalue weighted by Crippen LogP contribution is -2.49. The van der Waals surface area contributed by atoms with E-state index in [9.17, 15) is 19.7 Å². The van der Waals surface area contributed by atoms with Crippen molar-refractivity contribution in [1.29, 1.82) is 0 Å². The Morgan fingerprint density at radius 2 is 1.32 bits per heavy atom. The molecular weight excluding hydrogens is 530 g/mol. The molecule has 0 unspecified atom stereocenters. The molecule has 3 aromatic rings. The number of hydrogen-bond donors (Lipinski definition) is 0. The molecule has 2 fully saturated rings. The summed E-state index contributed by atoms with van der Waals surface area (Å²) in [6, 6.07) is 13.2. The van der Waals surface area contributed by atoms with Crippen molar-refractivity contribution in [3.63, 3.8) is 0 Å². The minimum absolute atomic E-state index is 0.112. The number of amides is 2. The third-order valence-corrected chi connectivity index (χ3v) is 7.24. The Hall–Kier alpha value is -4.68. The first-order chi connectivity index (χ1) is 19.9. The average molecular weight is 564 g/mol. The van der Waals surface area contributed by atoms with Gasteiger partial charge in [0.1, 0.15) is 5.82 Å². The van der Waals surface area contributed by atoms with Gasteiger partial charge < -0.3 is 29.1 Å². The van der Waals surface area contributed by atoms with Gasteiger partial charge in [-0.2, -0.15) is 0 Å². The lowest BCUT2D eigenvalue weighted by molar-refractivity contribution is -0.384. The van der Waals surface area contributed by atoms with E-state index in [4.69, 9.17) is 19.4 Å². The van der Waals surface area contributed by atoms with Gasteiger partial charge in [0, 0.05) is 69.4 Å². The molecule has 4 heterocycles. The summed E-state index contributed by atoms with van der Waals surface area (Å²) in [7, 11) is 0. The molecule has 13 nitrogen and oxygen atoms in total. The zero-order valence-electron chi connectivity index (χ0n) is 23.2. The summed E-state index contributed by atoms with van der Waals surface area (Å²) in [5.41, 5.74) is 2.03. The second kappa shape index (κ2) is 12.2. The maximum absolute atomic E-state index is 12.2. The van der Waals surface area contributed by atoms with E-state index in [0.29, 0.717) is 75.8 Å². The van der Waals surface area contributed by atoms with Gasteiger partial charge in [0.25, 0.3) is 0 Å². The molecule has 2 saturated heterocycles. The first-order valence-electron chi connectivity index (χ1n) is 13.8. The van der Waals surface area contributed by atoms with Crippen LogP contribution in [-0.2, 0) is 9.47 Å². The van der Waals surface area contributed by atoms with Crippen molar-refractivity contribution in [2.75, 3.05) is 75.4 Å². The number of aromatic nitrogens is 2. The summed E-state index contributed by atoms with van der Waals surface area (Å²) in [6.45, 7) is 7.69. The number of piperazine rings is 2. The molecule has 0 atom stereocenters. The molecule has 0 aliphatic carbocycles. The number of pyridine rings is 2. The molecule has 13 heteroatoms. The number of carbonyl (C=O) groups is 2. The largest absolute Gasteiger partial charge is 0.450 e. The summed E-state index contributed by atoms with van der Waals surface area (Å²) in [5.74, 6) is 0.927. The van der Waals surface area contributed by atoms with Gasteiger partial charge in [-0.05, 0) is 25.5 Å². The summed E-state index contributed by atoms with van der Waals surface area (Å²) in [4.78, 5) is 53.0. The Labute approximate surface area is 237 Å². The van der Waals surface area contributed by atoms with Crippen LogP contribution in [0, 0.1) is 10.1 Å². The van der Waals surface area contributed by atoms with Crippen LogP contribution in [0.15, 0.2) is 42.5 Å². The third-order valence-electron chi connectivity index (χ3n) is 7.24. The number of hydrogen-bond acceptors (Lipinski definition) is 10. The highest BCUT2D eigenvalue weighted by atomic mass is 16.6. The first-order valence-corrected chi connectivity index (χ1v) is 13.8. The van der Waals surface area contributed by atoms with E-state index in [-0.39, 0.29) is 24.2 Å². The van der Waals surface area contributed by atoms with E-state index < -0.39 is 11.0 Å². The number of rotatable bonds is 6. The summed E-state index contributed by atoms with van der Waals surface area (Å²) >= 11 is 0. The van der Waals surface area contributed by atoms with Gasteiger partial charge in [0.15, 0.2) is 5.65 Å². The van der Waals surface area contributed by atoms with Gasteiger partial charge in [0.05, 0.1) is 18.1 Å². The number of nitro groups is 1. The molecular formula is C28H33N7O6. The molecule has 2 aliphatic rings. The van der Waals surface area contributed by atoms with Crippen LogP contribution < -0.4 is 9.80 Å². The second-order valence-electron chi connectivity index (χ2n) is 9.71. The number of benzene rings is 1. The zero-order chi connectivity index (χ0) is 28.9. The van der Waals surface area contributed by atoms with Crippen molar-refractivity contribution in [2.24, 2.45) is 0 Å². The Morgan fingerprint density at radius 3 is 1.83 bits per heavy atom. The van der Waals surface area contributed by atoms with Gasteiger partial charge in [-0.1, -0.05) is 30.3 Å². The smallest absolute Gasteiger partial charge is 0.409 e. The molecule has 2 amide bonds. The molecule has 0 bridgehead atoms. The highest BCUT2D eigenvalue weighted by molar-refractivity contribution is 5.91. The molecule has 0 radical (unpaired) electrons. The van der Waals surface area contributed by atoms with Gasteiger partial charge >= 0.3 is 17.9 Å².